The average Bonchev–Trinajstić information content (AvgIpc) is 2.32. The van der Waals surface area contributed by atoms with Crippen LogP contribution in [0.5, 0.6) is 0 Å². The first-order valence-corrected chi connectivity index (χ1v) is 7.46. The second-order valence-electron chi connectivity index (χ2n) is 5.36. The standard InChI is InChI=1S/C15H33NO/c1-6-9-10-11-12-14(4)17-15(5,7-2)13-16-8-3/h14,16H,6-13H2,1-5H3. The number of hydrogen-bond acceptors (Lipinski definition) is 2. The van der Waals surface area contributed by atoms with E-state index in [1.54, 1.807) is 0 Å². The van der Waals surface area contributed by atoms with E-state index in [0.29, 0.717) is 6.10 Å². The third-order valence-corrected chi connectivity index (χ3v) is 3.45. The Morgan fingerprint density at radius 3 is 2.35 bits per heavy atom. The molecule has 0 aromatic carbocycles. The van der Waals surface area contributed by atoms with Gasteiger partial charge in [0.1, 0.15) is 0 Å². The normalized spacial score (nSPS) is 16.8. The molecule has 0 spiro atoms. The van der Waals surface area contributed by atoms with Crippen molar-refractivity contribution in [1.82, 2.24) is 5.32 Å². The summed E-state index contributed by atoms with van der Waals surface area (Å²) in [5.74, 6) is 0. The van der Waals surface area contributed by atoms with Gasteiger partial charge in [-0.1, -0.05) is 46.5 Å². The van der Waals surface area contributed by atoms with Crippen LogP contribution >= 0.6 is 0 Å². The van der Waals surface area contributed by atoms with Crippen molar-refractivity contribution in [2.24, 2.45) is 0 Å². The van der Waals surface area contributed by atoms with Crippen LogP contribution in [0.1, 0.15) is 73.1 Å². The van der Waals surface area contributed by atoms with Crippen molar-refractivity contribution in [2.45, 2.75) is 84.8 Å². The van der Waals surface area contributed by atoms with Crippen molar-refractivity contribution in [3.05, 3.63) is 0 Å². The molecule has 0 aliphatic carbocycles. The third kappa shape index (κ3) is 8.62. The number of nitrogens with one attached hydrogen (secondary N) is 1. The first-order chi connectivity index (χ1) is 8.08. The van der Waals surface area contributed by atoms with E-state index in [1.165, 1.54) is 32.1 Å². The zero-order chi connectivity index (χ0) is 13.1. The van der Waals surface area contributed by atoms with Gasteiger partial charge in [-0.2, -0.15) is 0 Å². The maximum absolute atomic E-state index is 6.21. The van der Waals surface area contributed by atoms with Crippen LogP contribution in [-0.2, 0) is 4.74 Å². The molecule has 0 rings (SSSR count). The highest BCUT2D eigenvalue weighted by atomic mass is 16.5. The van der Waals surface area contributed by atoms with Crippen LogP contribution < -0.4 is 5.32 Å². The molecule has 0 aromatic rings. The molecule has 0 radical (unpaired) electrons. The highest BCUT2D eigenvalue weighted by Gasteiger charge is 2.24. The van der Waals surface area contributed by atoms with Gasteiger partial charge < -0.3 is 10.1 Å². The monoisotopic (exact) mass is 243 g/mol. The molecule has 2 unspecified atom stereocenters. The van der Waals surface area contributed by atoms with Crippen LogP contribution in [0.3, 0.4) is 0 Å². The summed E-state index contributed by atoms with van der Waals surface area (Å²) in [6.07, 6.45) is 7.96. The van der Waals surface area contributed by atoms with Crippen LogP contribution in [0.15, 0.2) is 0 Å². The minimum atomic E-state index is 0.000182. The molecular weight excluding hydrogens is 210 g/mol. The fraction of sp³-hybridized carbons (Fsp3) is 1.00. The van der Waals surface area contributed by atoms with E-state index >= 15 is 0 Å². The summed E-state index contributed by atoms with van der Waals surface area (Å²) in [6, 6.07) is 0. The first-order valence-electron chi connectivity index (χ1n) is 7.46. The van der Waals surface area contributed by atoms with Gasteiger partial charge in [0.25, 0.3) is 0 Å². The van der Waals surface area contributed by atoms with Gasteiger partial charge in [-0.25, -0.2) is 0 Å². The number of ether oxygens (including phenoxy) is 1. The fourth-order valence-electron chi connectivity index (χ4n) is 2.04. The average molecular weight is 243 g/mol. The van der Waals surface area contributed by atoms with Crippen molar-refractivity contribution in [3.8, 4) is 0 Å². The maximum atomic E-state index is 6.21. The molecule has 0 fully saturated rings. The lowest BCUT2D eigenvalue weighted by molar-refractivity contribution is -0.0790. The van der Waals surface area contributed by atoms with Crippen LogP contribution in [0.2, 0.25) is 0 Å². The summed E-state index contributed by atoms with van der Waals surface area (Å²) in [6.45, 7) is 13.0. The van der Waals surface area contributed by atoms with Crippen LogP contribution in [-0.4, -0.2) is 24.8 Å². The minimum absolute atomic E-state index is 0.000182. The van der Waals surface area contributed by atoms with E-state index in [-0.39, 0.29) is 5.60 Å². The van der Waals surface area contributed by atoms with E-state index in [0.717, 1.165) is 19.5 Å². The van der Waals surface area contributed by atoms with Crippen molar-refractivity contribution >= 4 is 0 Å². The Kier molecular flexibility index (Phi) is 9.85. The molecule has 17 heavy (non-hydrogen) atoms. The van der Waals surface area contributed by atoms with E-state index in [9.17, 15) is 0 Å². The summed E-state index contributed by atoms with van der Waals surface area (Å²) < 4.78 is 6.21. The number of unbranched alkanes of at least 4 members (excludes halogenated alkanes) is 3. The summed E-state index contributed by atoms with van der Waals surface area (Å²) >= 11 is 0. The molecular formula is C15H33NO. The quantitative estimate of drug-likeness (QED) is 0.551. The lowest BCUT2D eigenvalue weighted by Gasteiger charge is -2.32. The van der Waals surface area contributed by atoms with Gasteiger partial charge in [0.05, 0.1) is 11.7 Å². The zero-order valence-electron chi connectivity index (χ0n) is 12.6. The maximum Gasteiger partial charge on any atom is 0.0779 e. The second kappa shape index (κ2) is 9.90. The Bertz CT molecular complexity index is 172. The van der Waals surface area contributed by atoms with Crippen molar-refractivity contribution in [2.75, 3.05) is 13.1 Å². The van der Waals surface area contributed by atoms with Crippen LogP contribution in [0.25, 0.3) is 0 Å². The molecule has 2 nitrogen and oxygen atoms in total. The zero-order valence-corrected chi connectivity index (χ0v) is 12.6. The first kappa shape index (κ1) is 16.9. The smallest absolute Gasteiger partial charge is 0.0779 e. The SMILES string of the molecule is CCCCCCC(C)OC(C)(CC)CNCC. The fourth-order valence-corrected chi connectivity index (χ4v) is 2.04. The van der Waals surface area contributed by atoms with Gasteiger partial charge in [0.2, 0.25) is 0 Å². The molecule has 0 saturated carbocycles. The molecule has 2 heteroatoms. The number of hydrogen-bond donors (Lipinski definition) is 1. The topological polar surface area (TPSA) is 21.3 Å². The predicted octanol–water partition coefficient (Wildman–Crippen LogP) is 4.14. The van der Waals surface area contributed by atoms with Gasteiger partial charge in [-0.15, -0.1) is 0 Å². The highest BCUT2D eigenvalue weighted by Crippen LogP contribution is 2.19. The molecule has 0 aliphatic rings. The lowest BCUT2D eigenvalue weighted by atomic mass is 10.0. The molecule has 0 aromatic heterocycles. The minimum Gasteiger partial charge on any atom is -0.371 e. The molecule has 0 bridgehead atoms. The van der Waals surface area contributed by atoms with Crippen LogP contribution in [0, 0.1) is 0 Å². The molecule has 0 amide bonds. The Labute approximate surface area is 109 Å². The Morgan fingerprint density at radius 2 is 1.82 bits per heavy atom. The van der Waals surface area contributed by atoms with Gasteiger partial charge in [0, 0.05) is 6.54 Å². The largest absolute Gasteiger partial charge is 0.371 e. The predicted molar refractivity (Wildman–Crippen MR) is 76.5 cm³/mol. The molecule has 104 valence electrons. The highest BCUT2D eigenvalue weighted by molar-refractivity contribution is 4.77. The van der Waals surface area contributed by atoms with Gasteiger partial charge in [0.15, 0.2) is 0 Å². The van der Waals surface area contributed by atoms with Gasteiger partial charge in [-0.05, 0) is 33.2 Å². The van der Waals surface area contributed by atoms with E-state index in [4.69, 9.17) is 4.74 Å². The Hall–Kier alpha value is -0.0800. The number of rotatable bonds is 11. The van der Waals surface area contributed by atoms with E-state index in [2.05, 4.69) is 39.9 Å². The Balaban J connectivity index is 3.83. The number of likely N-dealkylation sites (N-methyl/N-ethyl adjacent to an activating group) is 1. The van der Waals surface area contributed by atoms with E-state index < -0.39 is 0 Å². The second-order valence-corrected chi connectivity index (χ2v) is 5.36. The molecule has 0 aliphatic heterocycles. The Morgan fingerprint density at radius 1 is 1.12 bits per heavy atom. The molecule has 0 heterocycles. The molecule has 0 saturated heterocycles. The summed E-state index contributed by atoms with van der Waals surface area (Å²) in [5, 5.41) is 3.40. The van der Waals surface area contributed by atoms with Crippen LogP contribution in [0.4, 0.5) is 0 Å². The molecule has 2 atom stereocenters. The van der Waals surface area contributed by atoms with Crippen molar-refractivity contribution in [1.29, 1.82) is 0 Å². The third-order valence-electron chi connectivity index (χ3n) is 3.45. The summed E-state index contributed by atoms with van der Waals surface area (Å²) in [7, 11) is 0. The summed E-state index contributed by atoms with van der Waals surface area (Å²) in [5.41, 5.74) is 0.000182. The van der Waals surface area contributed by atoms with Gasteiger partial charge >= 0.3 is 0 Å². The molecule has 1 N–H and O–H groups in total. The summed E-state index contributed by atoms with van der Waals surface area (Å²) in [4.78, 5) is 0. The van der Waals surface area contributed by atoms with Crippen molar-refractivity contribution in [3.63, 3.8) is 0 Å². The van der Waals surface area contributed by atoms with E-state index in [1.807, 2.05) is 0 Å². The van der Waals surface area contributed by atoms with Crippen molar-refractivity contribution < 1.29 is 4.74 Å². The van der Waals surface area contributed by atoms with Gasteiger partial charge in [-0.3, -0.25) is 0 Å². The lowest BCUT2D eigenvalue weighted by Crippen LogP contribution is -2.42.